The van der Waals surface area contributed by atoms with Crippen LogP contribution in [-0.4, -0.2) is 47.0 Å². The van der Waals surface area contributed by atoms with Gasteiger partial charge >= 0.3 is 0 Å². The van der Waals surface area contributed by atoms with Crippen LogP contribution in [0, 0.1) is 5.92 Å². The van der Waals surface area contributed by atoms with Crippen molar-refractivity contribution in [2.24, 2.45) is 10.9 Å². The van der Waals surface area contributed by atoms with Crippen molar-refractivity contribution in [3.05, 3.63) is 0 Å². The number of thioether (sulfide) groups is 1. The fourth-order valence-corrected chi connectivity index (χ4v) is 3.91. The topological polar surface area (TPSA) is 27.6 Å². The molecule has 0 aromatic carbocycles. The lowest BCUT2D eigenvalue weighted by Crippen LogP contribution is -2.35. The zero-order valence-electron chi connectivity index (χ0n) is 10.9. The fourth-order valence-electron chi connectivity index (χ4n) is 2.66. The van der Waals surface area contributed by atoms with E-state index in [2.05, 4.69) is 24.1 Å². The van der Waals surface area contributed by atoms with Gasteiger partial charge in [-0.25, -0.2) is 0 Å². The molecule has 96 valence electrons. The minimum Gasteiger partial charge on any atom is -0.361 e. The molecule has 0 aromatic rings. The average Bonchev–Trinajstić information content (AvgIpc) is 2.87. The summed E-state index contributed by atoms with van der Waals surface area (Å²) < 4.78 is 0. The molecule has 0 radical (unpaired) electrons. The fraction of sp³-hybridized carbons (Fsp3) is 0.923. The Morgan fingerprint density at radius 2 is 2.18 bits per heavy atom. The van der Waals surface area contributed by atoms with Crippen LogP contribution in [0.15, 0.2) is 4.99 Å². The van der Waals surface area contributed by atoms with Crippen molar-refractivity contribution in [1.82, 2.24) is 10.2 Å². The Bertz CT molecular complexity index is 312. The van der Waals surface area contributed by atoms with Crippen LogP contribution in [-0.2, 0) is 0 Å². The summed E-state index contributed by atoms with van der Waals surface area (Å²) in [4.78, 5) is 7.44. The number of nitrogens with one attached hydrogen (secondary N) is 1. The third-order valence-corrected chi connectivity index (χ3v) is 5.06. The van der Waals surface area contributed by atoms with Gasteiger partial charge in [0.05, 0.1) is 6.04 Å². The summed E-state index contributed by atoms with van der Waals surface area (Å²) >= 11 is 1.91. The predicted molar refractivity (Wildman–Crippen MR) is 74.7 cm³/mol. The summed E-state index contributed by atoms with van der Waals surface area (Å²) in [5.41, 5.74) is 0. The van der Waals surface area contributed by atoms with Gasteiger partial charge in [-0.15, -0.1) is 0 Å². The quantitative estimate of drug-likeness (QED) is 0.833. The summed E-state index contributed by atoms with van der Waals surface area (Å²) in [5.74, 6) is 1.84. The van der Waals surface area contributed by atoms with E-state index in [1.807, 2.05) is 11.8 Å². The third-order valence-electron chi connectivity index (χ3n) is 4.05. The summed E-state index contributed by atoms with van der Waals surface area (Å²) in [5, 5.41) is 4.85. The zero-order chi connectivity index (χ0) is 11.8. The van der Waals surface area contributed by atoms with E-state index in [1.165, 1.54) is 43.3 Å². The van der Waals surface area contributed by atoms with Gasteiger partial charge in [0.1, 0.15) is 0 Å². The molecule has 1 aliphatic carbocycles. The number of hydrogen-bond acceptors (Lipinski definition) is 4. The number of hydrogen-bond donors (Lipinski definition) is 1. The standard InChI is InChI=1S/C13H23N3S/c1-9(2)12-8-17-13(15-12)14-10-5-6-16(7-10)11-3-4-11/h9-12H,3-8H2,1-2H3,(H,14,15)/t10?,12-/m1/s1. The summed E-state index contributed by atoms with van der Waals surface area (Å²) in [6.45, 7) is 7.05. The van der Waals surface area contributed by atoms with Gasteiger partial charge in [-0.2, -0.15) is 0 Å². The van der Waals surface area contributed by atoms with Crippen molar-refractivity contribution in [2.45, 2.75) is 51.2 Å². The first-order valence-electron chi connectivity index (χ1n) is 6.93. The van der Waals surface area contributed by atoms with Crippen molar-refractivity contribution in [2.75, 3.05) is 18.8 Å². The van der Waals surface area contributed by atoms with E-state index in [-0.39, 0.29) is 0 Å². The highest BCUT2D eigenvalue weighted by molar-refractivity contribution is 8.14. The molecule has 3 rings (SSSR count). The van der Waals surface area contributed by atoms with Crippen LogP contribution < -0.4 is 5.32 Å². The summed E-state index contributed by atoms with van der Waals surface area (Å²) in [6.07, 6.45) is 4.15. The van der Waals surface area contributed by atoms with Gasteiger partial charge in [0.15, 0.2) is 5.17 Å². The molecule has 0 bridgehead atoms. The van der Waals surface area contributed by atoms with Crippen LogP contribution in [0.5, 0.6) is 0 Å². The van der Waals surface area contributed by atoms with Crippen LogP contribution in [0.4, 0.5) is 0 Å². The highest BCUT2D eigenvalue weighted by Gasteiger charge is 2.35. The average molecular weight is 253 g/mol. The van der Waals surface area contributed by atoms with Crippen LogP contribution in [0.2, 0.25) is 0 Å². The first kappa shape index (κ1) is 11.8. The second-order valence-corrected chi connectivity index (χ2v) is 6.92. The number of amidine groups is 1. The molecule has 0 amide bonds. The highest BCUT2D eigenvalue weighted by Crippen LogP contribution is 2.30. The van der Waals surface area contributed by atoms with Crippen molar-refractivity contribution in [3.63, 3.8) is 0 Å². The van der Waals surface area contributed by atoms with Crippen LogP contribution >= 0.6 is 11.8 Å². The van der Waals surface area contributed by atoms with Crippen molar-refractivity contribution in [3.8, 4) is 0 Å². The van der Waals surface area contributed by atoms with E-state index in [4.69, 9.17) is 4.99 Å². The number of nitrogens with zero attached hydrogens (tertiary/aromatic N) is 2. The highest BCUT2D eigenvalue weighted by atomic mass is 32.2. The molecule has 1 saturated carbocycles. The molecule has 17 heavy (non-hydrogen) atoms. The maximum Gasteiger partial charge on any atom is 0.157 e. The van der Waals surface area contributed by atoms with Crippen LogP contribution in [0.25, 0.3) is 0 Å². The van der Waals surface area contributed by atoms with Crippen molar-refractivity contribution < 1.29 is 0 Å². The van der Waals surface area contributed by atoms with Crippen molar-refractivity contribution in [1.29, 1.82) is 0 Å². The van der Waals surface area contributed by atoms with Gasteiger partial charge in [0.2, 0.25) is 0 Å². The first-order chi connectivity index (χ1) is 8.22. The minimum atomic E-state index is 0.531. The minimum absolute atomic E-state index is 0.531. The summed E-state index contributed by atoms with van der Waals surface area (Å²) in [7, 11) is 0. The van der Waals surface area contributed by atoms with Gasteiger partial charge in [-0.3, -0.25) is 9.89 Å². The number of rotatable bonds is 3. The number of aliphatic imine (C=N–C) groups is 1. The molecule has 4 heteroatoms. The molecule has 1 saturated heterocycles. The van der Waals surface area contributed by atoms with E-state index in [0.29, 0.717) is 18.0 Å². The van der Waals surface area contributed by atoms with E-state index in [9.17, 15) is 0 Å². The Labute approximate surface area is 108 Å². The lowest BCUT2D eigenvalue weighted by molar-refractivity contribution is 0.322. The van der Waals surface area contributed by atoms with Gasteiger partial charge in [-0.1, -0.05) is 25.6 Å². The molecule has 2 fully saturated rings. The van der Waals surface area contributed by atoms with Gasteiger partial charge in [0.25, 0.3) is 0 Å². The lowest BCUT2D eigenvalue weighted by atomic mass is 10.1. The van der Waals surface area contributed by atoms with E-state index in [1.54, 1.807) is 0 Å². The molecular formula is C13H23N3S. The first-order valence-corrected chi connectivity index (χ1v) is 7.92. The molecule has 2 aliphatic heterocycles. The Morgan fingerprint density at radius 1 is 1.35 bits per heavy atom. The Kier molecular flexibility index (Phi) is 3.35. The molecule has 3 nitrogen and oxygen atoms in total. The molecule has 2 atom stereocenters. The van der Waals surface area contributed by atoms with Gasteiger partial charge < -0.3 is 5.32 Å². The normalized spacial score (nSPS) is 34.4. The largest absolute Gasteiger partial charge is 0.361 e. The van der Waals surface area contributed by atoms with E-state index >= 15 is 0 Å². The SMILES string of the molecule is CC(C)[C@H]1CSC(NC2CCN(C3CC3)C2)=N1. The molecule has 1 N–H and O–H groups in total. The Balaban J connectivity index is 1.49. The molecular weight excluding hydrogens is 230 g/mol. The second-order valence-electron chi connectivity index (χ2n) is 5.91. The zero-order valence-corrected chi connectivity index (χ0v) is 11.7. The Morgan fingerprint density at radius 3 is 2.82 bits per heavy atom. The maximum atomic E-state index is 4.79. The third kappa shape index (κ3) is 2.79. The maximum absolute atomic E-state index is 4.79. The van der Waals surface area contributed by atoms with E-state index < -0.39 is 0 Å². The van der Waals surface area contributed by atoms with E-state index in [0.717, 1.165) is 6.04 Å². The molecule has 2 heterocycles. The Hall–Kier alpha value is -0.220. The summed E-state index contributed by atoms with van der Waals surface area (Å²) in [6, 6.07) is 2.10. The van der Waals surface area contributed by atoms with Crippen LogP contribution in [0.1, 0.15) is 33.1 Å². The number of likely N-dealkylation sites (tertiary alicyclic amines) is 1. The smallest absolute Gasteiger partial charge is 0.157 e. The molecule has 0 spiro atoms. The van der Waals surface area contributed by atoms with Gasteiger partial charge in [0, 0.05) is 30.9 Å². The van der Waals surface area contributed by atoms with Gasteiger partial charge in [-0.05, 0) is 25.2 Å². The van der Waals surface area contributed by atoms with Crippen molar-refractivity contribution >= 4 is 16.9 Å². The lowest BCUT2D eigenvalue weighted by Gasteiger charge is -2.16. The van der Waals surface area contributed by atoms with Crippen LogP contribution in [0.3, 0.4) is 0 Å². The molecule has 1 unspecified atom stereocenters. The molecule has 0 aromatic heterocycles. The molecule has 3 aliphatic rings. The predicted octanol–water partition coefficient (Wildman–Crippen LogP) is 1.94. The second kappa shape index (κ2) is 4.81. The monoisotopic (exact) mass is 253 g/mol.